The first kappa shape index (κ1) is 11.7. The quantitative estimate of drug-likeness (QED) is 0.769. The molecule has 2 atom stereocenters. The zero-order chi connectivity index (χ0) is 11.4. The minimum atomic E-state index is 0.694. The van der Waals surface area contributed by atoms with Crippen LogP contribution in [-0.4, -0.2) is 12.6 Å². The van der Waals surface area contributed by atoms with Crippen LogP contribution in [0.4, 0.5) is 0 Å². The molecular weight excluding hydrogens is 194 g/mol. The molecule has 0 aromatic heterocycles. The van der Waals surface area contributed by atoms with Crippen LogP contribution in [0.2, 0.25) is 0 Å². The lowest BCUT2D eigenvalue weighted by atomic mass is 9.72. The van der Waals surface area contributed by atoms with Gasteiger partial charge in [0.15, 0.2) is 0 Å². The van der Waals surface area contributed by atoms with Gasteiger partial charge in [-0.1, -0.05) is 44.5 Å². The molecule has 0 bridgehead atoms. The van der Waals surface area contributed by atoms with E-state index >= 15 is 0 Å². The Morgan fingerprint density at radius 2 is 2.06 bits per heavy atom. The molecule has 1 heteroatoms. The van der Waals surface area contributed by atoms with Gasteiger partial charge in [0.2, 0.25) is 0 Å². The van der Waals surface area contributed by atoms with Crippen molar-refractivity contribution in [2.75, 3.05) is 6.54 Å². The van der Waals surface area contributed by atoms with Crippen molar-refractivity contribution in [3.63, 3.8) is 0 Å². The summed E-state index contributed by atoms with van der Waals surface area (Å²) in [6.07, 6.45) is 5.09. The summed E-state index contributed by atoms with van der Waals surface area (Å²) in [6, 6.07) is 9.60. The van der Waals surface area contributed by atoms with Crippen LogP contribution in [0.1, 0.15) is 50.2 Å². The molecule has 0 amide bonds. The van der Waals surface area contributed by atoms with Gasteiger partial charge in [0, 0.05) is 12.0 Å². The number of nitrogens with one attached hydrogen (secondary N) is 1. The van der Waals surface area contributed by atoms with E-state index < -0.39 is 0 Å². The molecule has 0 saturated carbocycles. The number of rotatable bonds is 6. The standard InChI is InChI=1S/C15H23N/c1-3-7-15(16-10-4-2)14-11-12-8-5-6-9-13(12)14/h5-6,8-9,14-16H,3-4,7,10-11H2,1-2H3. The highest BCUT2D eigenvalue weighted by molar-refractivity contribution is 5.41. The Morgan fingerprint density at radius 3 is 2.75 bits per heavy atom. The largest absolute Gasteiger partial charge is 0.313 e. The molecule has 2 unspecified atom stereocenters. The van der Waals surface area contributed by atoms with Gasteiger partial charge in [-0.2, -0.15) is 0 Å². The smallest absolute Gasteiger partial charge is 0.0139 e. The summed E-state index contributed by atoms with van der Waals surface area (Å²) in [5.41, 5.74) is 3.15. The van der Waals surface area contributed by atoms with Crippen molar-refractivity contribution in [3.8, 4) is 0 Å². The van der Waals surface area contributed by atoms with Crippen molar-refractivity contribution >= 4 is 0 Å². The zero-order valence-electron chi connectivity index (χ0n) is 10.5. The molecule has 1 aromatic rings. The molecule has 1 nitrogen and oxygen atoms in total. The van der Waals surface area contributed by atoms with Crippen LogP contribution in [0.25, 0.3) is 0 Å². The van der Waals surface area contributed by atoms with Gasteiger partial charge in [-0.15, -0.1) is 0 Å². The zero-order valence-corrected chi connectivity index (χ0v) is 10.5. The summed E-state index contributed by atoms with van der Waals surface area (Å²) in [7, 11) is 0. The molecule has 0 saturated heterocycles. The maximum atomic E-state index is 3.71. The molecule has 0 radical (unpaired) electrons. The third kappa shape index (κ3) is 2.30. The fourth-order valence-corrected chi connectivity index (χ4v) is 2.74. The van der Waals surface area contributed by atoms with E-state index in [1.807, 2.05) is 0 Å². The Kier molecular flexibility index (Phi) is 4.00. The molecule has 88 valence electrons. The Balaban J connectivity index is 2.00. The van der Waals surface area contributed by atoms with Gasteiger partial charge in [-0.3, -0.25) is 0 Å². The molecule has 0 aliphatic heterocycles. The lowest BCUT2D eigenvalue weighted by molar-refractivity contribution is 0.377. The van der Waals surface area contributed by atoms with Crippen LogP contribution in [-0.2, 0) is 6.42 Å². The SMILES string of the molecule is CCCNC(CCC)C1Cc2ccccc21. The van der Waals surface area contributed by atoms with Crippen molar-refractivity contribution in [3.05, 3.63) is 35.4 Å². The lowest BCUT2D eigenvalue weighted by Crippen LogP contribution is -2.40. The fraction of sp³-hybridized carbons (Fsp3) is 0.600. The molecule has 0 heterocycles. The van der Waals surface area contributed by atoms with Gasteiger partial charge < -0.3 is 5.32 Å². The van der Waals surface area contributed by atoms with E-state index in [2.05, 4.69) is 43.4 Å². The average Bonchev–Trinajstić information content (AvgIpc) is 2.27. The number of fused-ring (bicyclic) bond motifs is 1. The second kappa shape index (κ2) is 5.49. The first-order valence-corrected chi connectivity index (χ1v) is 6.68. The number of benzene rings is 1. The minimum Gasteiger partial charge on any atom is -0.313 e. The van der Waals surface area contributed by atoms with E-state index in [0.29, 0.717) is 6.04 Å². The van der Waals surface area contributed by atoms with Gasteiger partial charge in [0.1, 0.15) is 0 Å². The number of hydrogen-bond acceptors (Lipinski definition) is 1. The summed E-state index contributed by atoms with van der Waals surface area (Å²) in [6.45, 7) is 5.68. The Morgan fingerprint density at radius 1 is 1.25 bits per heavy atom. The second-order valence-electron chi connectivity index (χ2n) is 4.86. The third-order valence-corrected chi connectivity index (χ3v) is 3.64. The molecule has 1 aliphatic carbocycles. The molecule has 1 aliphatic rings. The van der Waals surface area contributed by atoms with Crippen molar-refractivity contribution in [2.24, 2.45) is 0 Å². The monoisotopic (exact) mass is 217 g/mol. The minimum absolute atomic E-state index is 0.694. The highest BCUT2D eigenvalue weighted by Crippen LogP contribution is 2.38. The fourth-order valence-electron chi connectivity index (χ4n) is 2.74. The van der Waals surface area contributed by atoms with E-state index in [9.17, 15) is 0 Å². The molecule has 16 heavy (non-hydrogen) atoms. The van der Waals surface area contributed by atoms with Crippen molar-refractivity contribution in [1.82, 2.24) is 5.32 Å². The van der Waals surface area contributed by atoms with Crippen LogP contribution in [0, 0.1) is 0 Å². The van der Waals surface area contributed by atoms with E-state index in [0.717, 1.165) is 12.5 Å². The highest BCUT2D eigenvalue weighted by Gasteiger charge is 2.31. The predicted molar refractivity (Wildman–Crippen MR) is 69.9 cm³/mol. The second-order valence-corrected chi connectivity index (χ2v) is 4.86. The topological polar surface area (TPSA) is 12.0 Å². The van der Waals surface area contributed by atoms with E-state index in [4.69, 9.17) is 0 Å². The normalized spacial score (nSPS) is 20.0. The summed E-state index contributed by atoms with van der Waals surface area (Å²) < 4.78 is 0. The summed E-state index contributed by atoms with van der Waals surface area (Å²) >= 11 is 0. The molecular formula is C15H23N. The maximum absolute atomic E-state index is 3.71. The van der Waals surface area contributed by atoms with Gasteiger partial charge in [0.25, 0.3) is 0 Å². The summed E-state index contributed by atoms with van der Waals surface area (Å²) in [4.78, 5) is 0. The van der Waals surface area contributed by atoms with E-state index in [1.165, 1.54) is 25.7 Å². The summed E-state index contributed by atoms with van der Waals surface area (Å²) in [5, 5.41) is 3.71. The molecule has 1 aromatic carbocycles. The molecule has 0 fully saturated rings. The van der Waals surface area contributed by atoms with Crippen molar-refractivity contribution in [2.45, 2.75) is 51.5 Å². The Hall–Kier alpha value is -0.820. The van der Waals surface area contributed by atoms with Crippen molar-refractivity contribution in [1.29, 1.82) is 0 Å². The molecule has 1 N–H and O–H groups in total. The van der Waals surface area contributed by atoms with Crippen LogP contribution < -0.4 is 5.32 Å². The first-order chi connectivity index (χ1) is 7.86. The van der Waals surface area contributed by atoms with Crippen LogP contribution in [0.15, 0.2) is 24.3 Å². The van der Waals surface area contributed by atoms with Crippen molar-refractivity contribution < 1.29 is 0 Å². The summed E-state index contributed by atoms with van der Waals surface area (Å²) in [5.74, 6) is 0.766. The highest BCUT2D eigenvalue weighted by atomic mass is 14.9. The predicted octanol–water partition coefficient (Wildman–Crippen LogP) is 3.49. The first-order valence-electron chi connectivity index (χ1n) is 6.68. The lowest BCUT2D eigenvalue weighted by Gasteiger charge is -2.37. The third-order valence-electron chi connectivity index (χ3n) is 3.64. The van der Waals surface area contributed by atoms with Crippen LogP contribution in [0.5, 0.6) is 0 Å². The molecule has 2 rings (SSSR count). The van der Waals surface area contributed by atoms with Crippen LogP contribution >= 0.6 is 0 Å². The van der Waals surface area contributed by atoms with Gasteiger partial charge in [-0.25, -0.2) is 0 Å². The van der Waals surface area contributed by atoms with Crippen LogP contribution in [0.3, 0.4) is 0 Å². The van der Waals surface area contributed by atoms with E-state index in [1.54, 1.807) is 11.1 Å². The maximum Gasteiger partial charge on any atom is 0.0139 e. The van der Waals surface area contributed by atoms with Gasteiger partial charge >= 0.3 is 0 Å². The Labute approximate surface area is 99.3 Å². The van der Waals surface area contributed by atoms with Gasteiger partial charge in [-0.05, 0) is 36.9 Å². The Bertz CT molecular complexity index is 332. The van der Waals surface area contributed by atoms with E-state index in [-0.39, 0.29) is 0 Å². The molecule has 0 spiro atoms. The number of hydrogen-bond donors (Lipinski definition) is 1. The average molecular weight is 217 g/mol. The van der Waals surface area contributed by atoms with Gasteiger partial charge in [0.05, 0.1) is 0 Å².